The summed E-state index contributed by atoms with van der Waals surface area (Å²) in [4.78, 5) is 12.3. The zero-order valence-corrected chi connectivity index (χ0v) is 12.6. The van der Waals surface area contributed by atoms with Gasteiger partial charge in [0, 0.05) is 11.6 Å². The Labute approximate surface area is 125 Å². The molecule has 4 nitrogen and oxygen atoms in total. The number of amides is 1. The molecule has 21 heavy (non-hydrogen) atoms. The molecule has 1 N–H and O–H groups in total. The summed E-state index contributed by atoms with van der Waals surface area (Å²) in [5.74, 6) is 0.306. The van der Waals surface area contributed by atoms with Crippen LogP contribution in [-0.2, 0) is 4.79 Å². The Balaban J connectivity index is 1.89. The van der Waals surface area contributed by atoms with Crippen molar-refractivity contribution < 1.29 is 4.79 Å². The molecule has 1 saturated carbocycles. The maximum atomic E-state index is 12.3. The second-order valence-corrected chi connectivity index (χ2v) is 5.83. The number of rotatable bonds is 3. The van der Waals surface area contributed by atoms with Gasteiger partial charge in [-0.3, -0.25) is 4.79 Å². The molecule has 0 atom stereocenters. The number of hydrogen-bond donors (Lipinski definition) is 1. The van der Waals surface area contributed by atoms with Gasteiger partial charge in [-0.15, -0.1) is 0 Å². The maximum Gasteiger partial charge on any atom is 0.227 e. The van der Waals surface area contributed by atoms with Gasteiger partial charge >= 0.3 is 0 Å². The molecule has 0 spiro atoms. The van der Waals surface area contributed by atoms with E-state index in [-0.39, 0.29) is 11.8 Å². The second kappa shape index (κ2) is 5.72. The van der Waals surface area contributed by atoms with Crippen molar-refractivity contribution in [2.75, 3.05) is 5.32 Å². The summed E-state index contributed by atoms with van der Waals surface area (Å²) in [7, 11) is 0. The van der Waals surface area contributed by atoms with E-state index in [4.69, 9.17) is 0 Å². The first kappa shape index (κ1) is 13.9. The molecule has 1 aliphatic rings. The van der Waals surface area contributed by atoms with Crippen LogP contribution in [0.25, 0.3) is 5.69 Å². The van der Waals surface area contributed by atoms with E-state index in [0.29, 0.717) is 0 Å². The smallest absolute Gasteiger partial charge is 0.227 e. The van der Waals surface area contributed by atoms with Crippen LogP contribution in [0.2, 0.25) is 0 Å². The van der Waals surface area contributed by atoms with Gasteiger partial charge in [-0.2, -0.15) is 5.10 Å². The van der Waals surface area contributed by atoms with Crippen LogP contribution >= 0.6 is 0 Å². The number of aromatic nitrogens is 2. The molecule has 1 aliphatic carbocycles. The number of carbonyl (C=O) groups excluding carboxylic acids is 1. The molecule has 0 saturated heterocycles. The first-order chi connectivity index (χ1) is 10.1. The molecule has 1 aromatic carbocycles. The summed E-state index contributed by atoms with van der Waals surface area (Å²) in [5, 5.41) is 7.60. The number of hydrogen-bond acceptors (Lipinski definition) is 2. The molecule has 1 heterocycles. The lowest BCUT2D eigenvalue weighted by molar-refractivity contribution is -0.119. The van der Waals surface area contributed by atoms with Crippen molar-refractivity contribution in [3.8, 4) is 5.69 Å². The lowest BCUT2D eigenvalue weighted by Gasteiger charge is -2.14. The van der Waals surface area contributed by atoms with Gasteiger partial charge in [0.1, 0.15) is 0 Å². The Hall–Kier alpha value is -2.10. The monoisotopic (exact) mass is 283 g/mol. The van der Waals surface area contributed by atoms with Gasteiger partial charge in [0.15, 0.2) is 0 Å². The maximum absolute atomic E-state index is 12.3. The second-order valence-electron chi connectivity index (χ2n) is 5.83. The topological polar surface area (TPSA) is 46.9 Å². The average molecular weight is 283 g/mol. The highest BCUT2D eigenvalue weighted by Gasteiger charge is 2.23. The molecule has 0 aliphatic heterocycles. The minimum Gasteiger partial charge on any atom is -0.324 e. The molecule has 1 aromatic heterocycles. The summed E-state index contributed by atoms with van der Waals surface area (Å²) in [6.45, 7) is 4.00. The molecule has 3 rings (SSSR count). The zero-order chi connectivity index (χ0) is 14.8. The zero-order valence-electron chi connectivity index (χ0n) is 12.6. The number of aryl methyl sites for hydroxylation is 2. The summed E-state index contributed by atoms with van der Waals surface area (Å²) < 4.78 is 1.89. The van der Waals surface area contributed by atoms with E-state index in [2.05, 4.69) is 10.4 Å². The first-order valence-corrected chi connectivity index (χ1v) is 7.58. The standard InChI is InChI=1S/C17H21N3O/c1-12-11-13(2)20(19-12)16-10-6-5-9-15(16)18-17(21)14-7-3-4-8-14/h5-6,9-11,14H,3-4,7-8H2,1-2H3,(H,18,21). The highest BCUT2D eigenvalue weighted by Crippen LogP contribution is 2.28. The molecule has 2 aromatic rings. The Morgan fingerprint density at radius 1 is 1.24 bits per heavy atom. The van der Waals surface area contributed by atoms with Crippen molar-refractivity contribution in [2.24, 2.45) is 5.92 Å². The predicted octanol–water partition coefficient (Wildman–Crippen LogP) is 3.62. The largest absolute Gasteiger partial charge is 0.324 e. The summed E-state index contributed by atoms with van der Waals surface area (Å²) in [6.07, 6.45) is 4.34. The molecule has 1 amide bonds. The number of anilines is 1. The summed E-state index contributed by atoms with van der Waals surface area (Å²) in [5.41, 5.74) is 3.80. The summed E-state index contributed by atoms with van der Waals surface area (Å²) in [6, 6.07) is 9.88. The van der Waals surface area contributed by atoms with Crippen LogP contribution in [0.3, 0.4) is 0 Å². The van der Waals surface area contributed by atoms with Crippen LogP contribution in [0.1, 0.15) is 37.1 Å². The van der Waals surface area contributed by atoms with Gasteiger partial charge in [0.25, 0.3) is 0 Å². The quantitative estimate of drug-likeness (QED) is 0.935. The highest BCUT2D eigenvalue weighted by atomic mass is 16.1. The van der Waals surface area contributed by atoms with Gasteiger partial charge in [-0.05, 0) is 44.9 Å². The van der Waals surface area contributed by atoms with Crippen molar-refractivity contribution >= 4 is 11.6 Å². The van der Waals surface area contributed by atoms with Crippen molar-refractivity contribution in [1.29, 1.82) is 0 Å². The van der Waals surface area contributed by atoms with E-state index in [1.165, 1.54) is 0 Å². The fraction of sp³-hybridized carbons (Fsp3) is 0.412. The fourth-order valence-corrected chi connectivity index (χ4v) is 3.06. The number of nitrogens with zero attached hydrogens (tertiary/aromatic N) is 2. The van der Waals surface area contributed by atoms with Crippen molar-refractivity contribution in [3.05, 3.63) is 41.7 Å². The fourth-order valence-electron chi connectivity index (χ4n) is 3.06. The Morgan fingerprint density at radius 2 is 1.95 bits per heavy atom. The molecule has 4 heteroatoms. The SMILES string of the molecule is Cc1cc(C)n(-c2ccccc2NC(=O)C2CCCC2)n1. The molecular weight excluding hydrogens is 262 g/mol. The number of benzene rings is 1. The van der Waals surface area contributed by atoms with Crippen LogP contribution in [-0.4, -0.2) is 15.7 Å². The minimum atomic E-state index is 0.140. The third-order valence-corrected chi connectivity index (χ3v) is 4.13. The van der Waals surface area contributed by atoms with Gasteiger partial charge in [-0.25, -0.2) is 4.68 Å². The van der Waals surface area contributed by atoms with Crippen molar-refractivity contribution in [1.82, 2.24) is 9.78 Å². The van der Waals surface area contributed by atoms with E-state index in [9.17, 15) is 4.79 Å². The van der Waals surface area contributed by atoms with E-state index in [0.717, 1.165) is 48.4 Å². The lowest BCUT2D eigenvalue weighted by atomic mass is 10.1. The lowest BCUT2D eigenvalue weighted by Crippen LogP contribution is -2.21. The molecule has 0 unspecified atom stereocenters. The van der Waals surface area contributed by atoms with Gasteiger partial charge in [0.05, 0.1) is 17.1 Å². The average Bonchev–Trinajstić information content (AvgIpc) is 3.09. The third kappa shape index (κ3) is 2.84. The number of carbonyl (C=O) groups is 1. The first-order valence-electron chi connectivity index (χ1n) is 7.58. The Morgan fingerprint density at radius 3 is 2.62 bits per heavy atom. The predicted molar refractivity (Wildman–Crippen MR) is 83.6 cm³/mol. The minimum absolute atomic E-state index is 0.140. The highest BCUT2D eigenvalue weighted by molar-refractivity contribution is 5.94. The normalized spacial score (nSPS) is 15.3. The molecule has 1 fully saturated rings. The third-order valence-electron chi connectivity index (χ3n) is 4.13. The van der Waals surface area contributed by atoms with E-state index >= 15 is 0 Å². The molecule has 0 radical (unpaired) electrons. The summed E-state index contributed by atoms with van der Waals surface area (Å²) >= 11 is 0. The number of nitrogens with one attached hydrogen (secondary N) is 1. The van der Waals surface area contributed by atoms with E-state index < -0.39 is 0 Å². The van der Waals surface area contributed by atoms with Crippen LogP contribution in [0.5, 0.6) is 0 Å². The molecule has 110 valence electrons. The van der Waals surface area contributed by atoms with Crippen LogP contribution in [0.15, 0.2) is 30.3 Å². The van der Waals surface area contributed by atoms with Gasteiger partial charge < -0.3 is 5.32 Å². The van der Waals surface area contributed by atoms with E-state index in [1.54, 1.807) is 0 Å². The Bertz CT molecular complexity index is 654. The molecular formula is C17H21N3O. The van der Waals surface area contributed by atoms with Crippen LogP contribution < -0.4 is 5.32 Å². The van der Waals surface area contributed by atoms with E-state index in [1.807, 2.05) is 48.9 Å². The van der Waals surface area contributed by atoms with Crippen LogP contribution in [0, 0.1) is 19.8 Å². The number of para-hydroxylation sites is 2. The van der Waals surface area contributed by atoms with Crippen molar-refractivity contribution in [2.45, 2.75) is 39.5 Å². The van der Waals surface area contributed by atoms with Gasteiger partial charge in [-0.1, -0.05) is 25.0 Å². The van der Waals surface area contributed by atoms with Gasteiger partial charge in [0.2, 0.25) is 5.91 Å². The van der Waals surface area contributed by atoms with Crippen LogP contribution in [0.4, 0.5) is 5.69 Å². The molecule has 0 bridgehead atoms. The van der Waals surface area contributed by atoms with Crippen molar-refractivity contribution in [3.63, 3.8) is 0 Å². The Kier molecular flexibility index (Phi) is 3.78.